The summed E-state index contributed by atoms with van der Waals surface area (Å²) in [5.74, 6) is 0.233. The van der Waals surface area contributed by atoms with Crippen molar-refractivity contribution < 1.29 is 17.9 Å². The lowest BCUT2D eigenvalue weighted by Gasteiger charge is -2.31. The number of aromatic nitrogens is 2. The minimum absolute atomic E-state index is 0.179. The highest BCUT2D eigenvalue weighted by Crippen LogP contribution is 2.41. The molecule has 5 nitrogen and oxygen atoms in total. The molecule has 1 N–H and O–H groups in total. The molecule has 0 amide bonds. The van der Waals surface area contributed by atoms with Gasteiger partial charge in [0.1, 0.15) is 11.6 Å². The van der Waals surface area contributed by atoms with Crippen molar-refractivity contribution in [3.63, 3.8) is 0 Å². The predicted molar refractivity (Wildman–Crippen MR) is 136 cm³/mol. The molecule has 3 aromatic rings. The van der Waals surface area contributed by atoms with E-state index in [4.69, 9.17) is 4.74 Å². The van der Waals surface area contributed by atoms with E-state index in [1.165, 1.54) is 17.4 Å². The highest BCUT2D eigenvalue weighted by Gasteiger charge is 2.36. The molecule has 0 bridgehead atoms. The van der Waals surface area contributed by atoms with Gasteiger partial charge >= 0.3 is 6.18 Å². The summed E-state index contributed by atoms with van der Waals surface area (Å²) in [4.78, 5) is 10.4. The molecule has 0 aliphatic heterocycles. The number of unbranched alkanes of at least 4 members (excludes halogenated alkanes) is 2. The molecule has 2 aromatic heterocycles. The van der Waals surface area contributed by atoms with Gasteiger partial charge in [-0.15, -0.1) is 11.3 Å². The van der Waals surface area contributed by atoms with Crippen LogP contribution in [0.3, 0.4) is 0 Å². The third-order valence-electron chi connectivity index (χ3n) is 4.96. The van der Waals surface area contributed by atoms with Crippen molar-refractivity contribution in [1.29, 1.82) is 0 Å². The third-order valence-corrected chi connectivity index (χ3v) is 5.79. The zero-order valence-electron chi connectivity index (χ0n) is 20.4. The van der Waals surface area contributed by atoms with Crippen molar-refractivity contribution in [2.45, 2.75) is 58.7 Å². The van der Waals surface area contributed by atoms with Crippen LogP contribution in [0.4, 0.5) is 24.0 Å². The van der Waals surface area contributed by atoms with Crippen LogP contribution in [0.1, 0.15) is 52.5 Å². The molecule has 0 saturated carbocycles. The summed E-state index contributed by atoms with van der Waals surface area (Å²) in [5.41, 5.74) is 0.583. The van der Waals surface area contributed by atoms with Crippen LogP contribution in [-0.2, 0) is 6.18 Å². The molecule has 0 spiro atoms. The fourth-order valence-electron chi connectivity index (χ4n) is 3.42. The highest BCUT2D eigenvalue weighted by molar-refractivity contribution is 7.14. The Bertz CT molecular complexity index is 1120. The van der Waals surface area contributed by atoms with Crippen molar-refractivity contribution in [1.82, 2.24) is 15.3 Å². The second-order valence-corrected chi connectivity index (χ2v) is 9.98. The average molecular weight is 505 g/mol. The van der Waals surface area contributed by atoms with Gasteiger partial charge in [-0.25, -0.2) is 4.98 Å². The first-order chi connectivity index (χ1) is 16.5. The monoisotopic (exact) mass is 504 g/mol. The van der Waals surface area contributed by atoms with Crippen LogP contribution in [0.25, 0.3) is 11.3 Å². The number of hydrogen-bond acceptors (Lipinski definition) is 6. The van der Waals surface area contributed by atoms with Gasteiger partial charge in [-0.1, -0.05) is 26.3 Å². The number of anilines is 2. The van der Waals surface area contributed by atoms with Gasteiger partial charge in [0.15, 0.2) is 5.13 Å². The van der Waals surface area contributed by atoms with Crippen LogP contribution in [0.5, 0.6) is 5.75 Å². The van der Waals surface area contributed by atoms with Crippen molar-refractivity contribution >= 4 is 22.2 Å². The SMILES string of the molecule is C=C(NC(C)(C)C)N(c1ccc(OCCCCC)c(C(F)(F)F)c1)c1nc(-c2cccnc2)cs1. The summed E-state index contributed by atoms with van der Waals surface area (Å²) in [6, 6.07) is 7.75. The summed E-state index contributed by atoms with van der Waals surface area (Å²) in [6.45, 7) is 12.2. The minimum atomic E-state index is -4.58. The molecule has 0 aliphatic carbocycles. The molecule has 3 rings (SSSR count). The molecule has 1 aromatic carbocycles. The van der Waals surface area contributed by atoms with E-state index in [1.54, 1.807) is 29.4 Å². The molecule has 0 unspecified atom stereocenters. The quantitative estimate of drug-likeness (QED) is 0.286. The minimum Gasteiger partial charge on any atom is -0.493 e. The van der Waals surface area contributed by atoms with Gasteiger partial charge in [-0.05, 0) is 57.5 Å². The Hall–Kier alpha value is -3.07. The maximum atomic E-state index is 14.0. The number of hydrogen-bond donors (Lipinski definition) is 1. The van der Waals surface area contributed by atoms with Crippen LogP contribution in [-0.4, -0.2) is 22.1 Å². The van der Waals surface area contributed by atoms with Crippen LogP contribution in [0.2, 0.25) is 0 Å². The normalized spacial score (nSPS) is 11.9. The molecular weight excluding hydrogens is 473 g/mol. The van der Waals surface area contributed by atoms with Gasteiger partial charge in [0, 0.05) is 28.9 Å². The molecule has 2 heterocycles. The largest absolute Gasteiger partial charge is 0.493 e. The number of nitrogens with one attached hydrogen (secondary N) is 1. The summed E-state index contributed by atoms with van der Waals surface area (Å²) in [7, 11) is 0. The topological polar surface area (TPSA) is 50.3 Å². The number of thiazole rings is 1. The third kappa shape index (κ3) is 7.21. The first kappa shape index (κ1) is 26.5. The number of pyridine rings is 1. The number of halogens is 3. The summed E-state index contributed by atoms with van der Waals surface area (Å²) in [6.07, 6.45) is 1.34. The Kier molecular flexibility index (Phi) is 8.43. The fraction of sp³-hybridized carbons (Fsp3) is 0.385. The molecule has 188 valence electrons. The van der Waals surface area contributed by atoms with E-state index in [2.05, 4.69) is 21.9 Å². The lowest BCUT2D eigenvalue weighted by atomic mass is 10.1. The Labute approximate surface area is 208 Å². The zero-order chi connectivity index (χ0) is 25.6. The van der Waals surface area contributed by atoms with Gasteiger partial charge in [-0.3, -0.25) is 9.88 Å². The number of benzene rings is 1. The van der Waals surface area contributed by atoms with Gasteiger partial charge < -0.3 is 10.1 Å². The zero-order valence-corrected chi connectivity index (χ0v) is 21.3. The number of ether oxygens (including phenoxy) is 1. The van der Waals surface area contributed by atoms with E-state index < -0.39 is 11.7 Å². The highest BCUT2D eigenvalue weighted by atomic mass is 32.1. The summed E-state index contributed by atoms with van der Waals surface area (Å²) < 4.78 is 47.5. The maximum absolute atomic E-state index is 14.0. The Morgan fingerprint density at radius 3 is 2.57 bits per heavy atom. The van der Waals surface area contributed by atoms with Crippen molar-refractivity contribution in [3.05, 3.63) is 66.1 Å². The number of rotatable bonds is 10. The maximum Gasteiger partial charge on any atom is 0.420 e. The van der Waals surface area contributed by atoms with Crippen molar-refractivity contribution in [2.24, 2.45) is 0 Å². The molecule has 9 heteroatoms. The van der Waals surface area contributed by atoms with Gasteiger partial charge in [0.05, 0.1) is 23.6 Å². The Morgan fingerprint density at radius 2 is 1.94 bits per heavy atom. The van der Waals surface area contributed by atoms with Crippen LogP contribution >= 0.6 is 11.3 Å². The van der Waals surface area contributed by atoms with E-state index in [0.717, 1.165) is 24.5 Å². The average Bonchev–Trinajstić information content (AvgIpc) is 3.26. The Balaban J connectivity index is 2.03. The lowest BCUT2D eigenvalue weighted by Crippen LogP contribution is -2.40. The number of alkyl halides is 3. The van der Waals surface area contributed by atoms with Gasteiger partial charge in [0.25, 0.3) is 0 Å². The summed E-state index contributed by atoms with van der Waals surface area (Å²) >= 11 is 1.31. The molecule has 35 heavy (non-hydrogen) atoms. The summed E-state index contributed by atoms with van der Waals surface area (Å²) in [5, 5.41) is 5.59. The molecule has 0 radical (unpaired) electrons. The molecule has 0 fully saturated rings. The molecule has 0 atom stereocenters. The first-order valence-corrected chi connectivity index (χ1v) is 12.3. The first-order valence-electron chi connectivity index (χ1n) is 11.5. The van der Waals surface area contributed by atoms with Crippen molar-refractivity contribution in [2.75, 3.05) is 11.5 Å². The van der Waals surface area contributed by atoms with Crippen LogP contribution in [0.15, 0.2) is 60.5 Å². The van der Waals surface area contributed by atoms with E-state index in [1.807, 2.05) is 39.1 Å². The standard InChI is InChI=1S/C26H31F3N4OS/c1-6-7-8-14-34-23-12-11-20(15-21(23)26(27,28)29)33(18(2)32-25(3,4)5)24-31-22(17-35-24)19-10-9-13-30-16-19/h9-13,15-17,32H,2,6-8,14H2,1,3-5H3. The second-order valence-electron chi connectivity index (χ2n) is 9.15. The van der Waals surface area contributed by atoms with E-state index in [0.29, 0.717) is 23.1 Å². The van der Waals surface area contributed by atoms with E-state index in [-0.39, 0.29) is 23.6 Å². The van der Waals surface area contributed by atoms with E-state index in [9.17, 15) is 13.2 Å². The fourth-order valence-corrected chi connectivity index (χ4v) is 4.30. The number of nitrogens with zero attached hydrogens (tertiary/aromatic N) is 3. The lowest BCUT2D eigenvalue weighted by molar-refractivity contribution is -0.138. The van der Waals surface area contributed by atoms with Crippen molar-refractivity contribution in [3.8, 4) is 17.0 Å². The second kappa shape index (κ2) is 11.1. The Morgan fingerprint density at radius 1 is 1.17 bits per heavy atom. The van der Waals surface area contributed by atoms with E-state index >= 15 is 0 Å². The van der Waals surface area contributed by atoms with Gasteiger partial charge in [0.2, 0.25) is 0 Å². The molecule has 0 aliphatic rings. The van der Waals surface area contributed by atoms with Crippen LogP contribution < -0.4 is 15.0 Å². The molecule has 0 saturated heterocycles. The predicted octanol–water partition coefficient (Wildman–Crippen LogP) is 7.79. The smallest absolute Gasteiger partial charge is 0.420 e. The molecular formula is C26H31F3N4OS. The van der Waals surface area contributed by atoms with Crippen LogP contribution in [0, 0.1) is 0 Å². The van der Waals surface area contributed by atoms with Gasteiger partial charge in [-0.2, -0.15) is 13.2 Å².